The monoisotopic (exact) mass is 428 g/mol. The first-order valence-corrected chi connectivity index (χ1v) is 12.1. The van der Waals surface area contributed by atoms with E-state index in [1.807, 2.05) is 29.2 Å². The fourth-order valence-electron chi connectivity index (χ4n) is 5.37. The molecule has 31 heavy (non-hydrogen) atoms. The van der Waals surface area contributed by atoms with Crippen LogP contribution in [0.5, 0.6) is 0 Å². The lowest BCUT2D eigenvalue weighted by Crippen LogP contribution is -2.53. The molecule has 1 aromatic rings. The molecule has 170 valence electrons. The molecular formula is C25H36N2O4. The molecule has 6 heteroatoms. The summed E-state index contributed by atoms with van der Waals surface area (Å²) in [7, 11) is 0. The maximum atomic E-state index is 12.6. The Kier molecular flexibility index (Phi) is 7.62. The number of carbonyl (C=O) groups is 2. The molecule has 1 heterocycles. The first-order valence-electron chi connectivity index (χ1n) is 12.1. The second-order valence-electron chi connectivity index (χ2n) is 9.52. The summed E-state index contributed by atoms with van der Waals surface area (Å²) in [6.45, 7) is 1.15. The van der Waals surface area contributed by atoms with Crippen LogP contribution < -0.4 is 5.32 Å². The van der Waals surface area contributed by atoms with Crippen LogP contribution in [0.15, 0.2) is 24.3 Å². The van der Waals surface area contributed by atoms with E-state index in [1.54, 1.807) is 0 Å². The SMILES string of the molecule is O=C(Nc1ccc(C(O)C2COCC(=O)N2CC2CCCCC2)cc1)C1CCCCC1. The topological polar surface area (TPSA) is 78.9 Å². The molecule has 2 atom stereocenters. The third-order valence-electron chi connectivity index (χ3n) is 7.27. The molecule has 2 amide bonds. The number of morpholine rings is 1. The Hall–Kier alpha value is -1.92. The Morgan fingerprint density at radius 1 is 1.03 bits per heavy atom. The molecule has 3 aliphatic rings. The van der Waals surface area contributed by atoms with Crippen LogP contribution in [0, 0.1) is 11.8 Å². The maximum Gasteiger partial charge on any atom is 0.249 e. The van der Waals surface area contributed by atoms with Crippen LogP contribution in [-0.4, -0.2) is 47.6 Å². The van der Waals surface area contributed by atoms with Gasteiger partial charge in [0.1, 0.15) is 12.7 Å². The molecule has 2 aliphatic carbocycles. The number of benzene rings is 1. The van der Waals surface area contributed by atoms with E-state index < -0.39 is 6.10 Å². The number of amides is 2. The van der Waals surface area contributed by atoms with E-state index in [4.69, 9.17) is 4.74 Å². The first kappa shape index (κ1) is 22.3. The number of aliphatic hydroxyl groups is 1. The number of rotatable bonds is 6. The van der Waals surface area contributed by atoms with Crippen LogP contribution >= 0.6 is 0 Å². The summed E-state index contributed by atoms with van der Waals surface area (Å²) in [5.41, 5.74) is 1.49. The van der Waals surface area contributed by atoms with E-state index in [1.165, 1.54) is 25.7 Å². The zero-order chi connectivity index (χ0) is 21.6. The largest absolute Gasteiger partial charge is 0.386 e. The van der Waals surface area contributed by atoms with Crippen LogP contribution in [0.2, 0.25) is 0 Å². The molecule has 4 rings (SSSR count). The molecule has 0 aromatic heterocycles. The zero-order valence-corrected chi connectivity index (χ0v) is 18.4. The van der Waals surface area contributed by atoms with Crippen LogP contribution in [0.25, 0.3) is 0 Å². The van der Waals surface area contributed by atoms with Gasteiger partial charge in [-0.3, -0.25) is 9.59 Å². The molecule has 1 aliphatic heterocycles. The second-order valence-corrected chi connectivity index (χ2v) is 9.52. The summed E-state index contributed by atoms with van der Waals surface area (Å²) in [5, 5.41) is 14.1. The maximum absolute atomic E-state index is 12.6. The van der Waals surface area contributed by atoms with E-state index >= 15 is 0 Å². The predicted molar refractivity (Wildman–Crippen MR) is 120 cm³/mol. The van der Waals surface area contributed by atoms with Crippen molar-refractivity contribution in [2.75, 3.05) is 25.1 Å². The molecule has 0 bridgehead atoms. The first-order chi connectivity index (χ1) is 15.1. The summed E-state index contributed by atoms with van der Waals surface area (Å²) in [4.78, 5) is 26.9. The third kappa shape index (κ3) is 5.66. The lowest BCUT2D eigenvalue weighted by molar-refractivity contribution is -0.155. The zero-order valence-electron chi connectivity index (χ0n) is 18.4. The Morgan fingerprint density at radius 3 is 2.35 bits per heavy atom. The normalized spacial score (nSPS) is 24.7. The fourth-order valence-corrected chi connectivity index (χ4v) is 5.37. The van der Waals surface area contributed by atoms with Crippen molar-refractivity contribution in [1.29, 1.82) is 0 Å². The second kappa shape index (κ2) is 10.6. The molecule has 1 aromatic carbocycles. The van der Waals surface area contributed by atoms with Crippen molar-refractivity contribution in [3.05, 3.63) is 29.8 Å². The van der Waals surface area contributed by atoms with Gasteiger partial charge in [-0.25, -0.2) is 0 Å². The highest BCUT2D eigenvalue weighted by Gasteiger charge is 2.36. The number of anilines is 1. The lowest BCUT2D eigenvalue weighted by atomic mass is 9.88. The van der Waals surface area contributed by atoms with Gasteiger partial charge in [0, 0.05) is 18.2 Å². The molecular weight excluding hydrogens is 392 g/mol. The highest BCUT2D eigenvalue weighted by molar-refractivity contribution is 5.92. The van der Waals surface area contributed by atoms with Crippen molar-refractivity contribution in [3.8, 4) is 0 Å². The van der Waals surface area contributed by atoms with Gasteiger partial charge in [-0.15, -0.1) is 0 Å². The summed E-state index contributed by atoms with van der Waals surface area (Å²) in [6.07, 6.45) is 10.7. The summed E-state index contributed by atoms with van der Waals surface area (Å²) in [5.74, 6) is 0.691. The van der Waals surface area contributed by atoms with Crippen LogP contribution in [-0.2, 0) is 14.3 Å². The summed E-state index contributed by atoms with van der Waals surface area (Å²) < 4.78 is 5.49. The molecule has 6 nitrogen and oxygen atoms in total. The predicted octanol–water partition coefficient (Wildman–Crippen LogP) is 4.05. The number of nitrogens with zero attached hydrogens (tertiary/aromatic N) is 1. The van der Waals surface area contributed by atoms with Gasteiger partial charge in [0.25, 0.3) is 0 Å². The average Bonchev–Trinajstić information content (AvgIpc) is 2.82. The van der Waals surface area contributed by atoms with Gasteiger partial charge >= 0.3 is 0 Å². The van der Waals surface area contributed by atoms with Crippen molar-refractivity contribution in [2.45, 2.75) is 76.4 Å². The van der Waals surface area contributed by atoms with Gasteiger partial charge in [-0.1, -0.05) is 50.7 Å². The van der Waals surface area contributed by atoms with E-state index in [2.05, 4.69) is 5.32 Å². The number of carbonyl (C=O) groups excluding carboxylic acids is 2. The summed E-state index contributed by atoms with van der Waals surface area (Å²) >= 11 is 0. The molecule has 2 unspecified atom stereocenters. The van der Waals surface area contributed by atoms with Crippen molar-refractivity contribution in [2.24, 2.45) is 11.8 Å². The molecule has 1 saturated heterocycles. The minimum atomic E-state index is -0.809. The van der Waals surface area contributed by atoms with E-state index in [-0.39, 0.29) is 30.4 Å². The fraction of sp³-hybridized carbons (Fsp3) is 0.680. The van der Waals surface area contributed by atoms with Crippen LogP contribution in [0.4, 0.5) is 5.69 Å². The Balaban J connectivity index is 1.39. The van der Waals surface area contributed by atoms with Gasteiger partial charge in [-0.05, 0) is 49.3 Å². The van der Waals surface area contributed by atoms with Gasteiger partial charge in [0.2, 0.25) is 11.8 Å². The number of nitrogens with one attached hydrogen (secondary N) is 1. The third-order valence-corrected chi connectivity index (χ3v) is 7.27. The van der Waals surface area contributed by atoms with E-state index in [0.29, 0.717) is 19.1 Å². The van der Waals surface area contributed by atoms with E-state index in [0.717, 1.165) is 49.8 Å². The van der Waals surface area contributed by atoms with Crippen molar-refractivity contribution in [1.82, 2.24) is 4.90 Å². The lowest BCUT2D eigenvalue weighted by Gasteiger charge is -2.40. The van der Waals surface area contributed by atoms with Crippen LogP contribution in [0.1, 0.15) is 75.9 Å². The van der Waals surface area contributed by atoms with Gasteiger partial charge in [0.15, 0.2) is 0 Å². The Labute approximate surface area is 185 Å². The van der Waals surface area contributed by atoms with Gasteiger partial charge < -0.3 is 20.1 Å². The Morgan fingerprint density at radius 2 is 1.68 bits per heavy atom. The number of hydrogen-bond donors (Lipinski definition) is 2. The smallest absolute Gasteiger partial charge is 0.249 e. The highest BCUT2D eigenvalue weighted by Crippen LogP contribution is 2.30. The summed E-state index contributed by atoms with van der Waals surface area (Å²) in [6, 6.07) is 7.01. The van der Waals surface area contributed by atoms with Crippen LogP contribution in [0.3, 0.4) is 0 Å². The minimum Gasteiger partial charge on any atom is -0.386 e. The molecule has 2 saturated carbocycles. The highest BCUT2D eigenvalue weighted by atomic mass is 16.5. The number of ether oxygens (including phenoxy) is 1. The number of aliphatic hydroxyl groups excluding tert-OH is 1. The molecule has 2 N–H and O–H groups in total. The number of hydrogen-bond acceptors (Lipinski definition) is 4. The van der Waals surface area contributed by atoms with Crippen molar-refractivity contribution < 1.29 is 19.4 Å². The Bertz CT molecular complexity index is 738. The molecule has 3 fully saturated rings. The van der Waals surface area contributed by atoms with Gasteiger partial charge in [0.05, 0.1) is 12.6 Å². The van der Waals surface area contributed by atoms with Crippen molar-refractivity contribution in [3.63, 3.8) is 0 Å². The standard InChI is InChI=1S/C25H36N2O4/c28-23-17-31-16-22(27(23)15-18-7-3-1-4-8-18)24(29)19-11-13-21(14-12-19)26-25(30)20-9-5-2-6-10-20/h11-14,18,20,22,24,29H,1-10,15-17H2,(H,26,30). The quantitative estimate of drug-likeness (QED) is 0.717. The minimum absolute atomic E-state index is 0.0303. The van der Waals surface area contributed by atoms with E-state index in [9.17, 15) is 14.7 Å². The average molecular weight is 429 g/mol. The molecule has 0 spiro atoms. The molecule has 0 radical (unpaired) electrons. The van der Waals surface area contributed by atoms with Gasteiger partial charge in [-0.2, -0.15) is 0 Å². The van der Waals surface area contributed by atoms with Crippen molar-refractivity contribution >= 4 is 17.5 Å².